The van der Waals surface area contributed by atoms with Gasteiger partial charge in [-0.05, 0) is 34.1 Å². The van der Waals surface area contributed by atoms with E-state index < -0.39 is 0 Å². The molecule has 1 aromatic heterocycles. The van der Waals surface area contributed by atoms with Crippen molar-refractivity contribution in [2.24, 2.45) is 7.05 Å². The summed E-state index contributed by atoms with van der Waals surface area (Å²) in [5.41, 5.74) is 6.99. The summed E-state index contributed by atoms with van der Waals surface area (Å²) in [5.74, 6) is 0.251. The van der Waals surface area contributed by atoms with E-state index in [1.54, 1.807) is 30.1 Å². The molecule has 0 saturated heterocycles. The minimum Gasteiger partial charge on any atom is -0.394 e. The zero-order valence-corrected chi connectivity index (χ0v) is 10.1. The van der Waals surface area contributed by atoms with E-state index in [0.717, 1.165) is 5.69 Å². The van der Waals surface area contributed by atoms with Crippen molar-refractivity contribution >= 4 is 33.1 Å². The number of hydrogen-bond acceptors (Lipinski definition) is 3. The van der Waals surface area contributed by atoms with Crippen LogP contribution in [0.15, 0.2) is 28.9 Å². The summed E-state index contributed by atoms with van der Waals surface area (Å²) in [6.07, 6.45) is 1.70. The number of halogens is 2. The van der Waals surface area contributed by atoms with E-state index in [-0.39, 0.29) is 5.82 Å². The van der Waals surface area contributed by atoms with Gasteiger partial charge in [0.2, 0.25) is 0 Å². The molecule has 1 heterocycles. The minimum absolute atomic E-state index is 0.306. The van der Waals surface area contributed by atoms with Gasteiger partial charge in [-0.1, -0.05) is 0 Å². The molecule has 6 heteroatoms. The first kappa shape index (κ1) is 10.9. The number of anilines is 3. The molecule has 0 amide bonds. The lowest BCUT2D eigenvalue weighted by Gasteiger charge is -2.04. The maximum atomic E-state index is 13.0. The SMILES string of the molecule is Cn1cc(N)c(Nc2ccc(F)c(Br)c2)n1. The fourth-order valence-electron chi connectivity index (χ4n) is 1.31. The van der Waals surface area contributed by atoms with E-state index in [1.165, 1.54) is 6.07 Å². The molecule has 0 spiro atoms. The lowest BCUT2D eigenvalue weighted by Crippen LogP contribution is -1.96. The van der Waals surface area contributed by atoms with E-state index in [4.69, 9.17) is 5.73 Å². The lowest BCUT2D eigenvalue weighted by atomic mass is 10.3. The Hall–Kier alpha value is -1.56. The normalized spacial score (nSPS) is 10.4. The highest BCUT2D eigenvalue weighted by Crippen LogP contribution is 2.24. The Morgan fingerprint density at radius 3 is 2.81 bits per heavy atom. The average Bonchev–Trinajstić information content (AvgIpc) is 2.51. The molecule has 0 bridgehead atoms. The van der Waals surface area contributed by atoms with Crippen molar-refractivity contribution in [3.05, 3.63) is 34.7 Å². The van der Waals surface area contributed by atoms with Crippen LogP contribution in [0.1, 0.15) is 0 Å². The van der Waals surface area contributed by atoms with Gasteiger partial charge < -0.3 is 11.1 Å². The van der Waals surface area contributed by atoms with Gasteiger partial charge >= 0.3 is 0 Å². The first-order valence-electron chi connectivity index (χ1n) is 4.57. The van der Waals surface area contributed by atoms with Gasteiger partial charge in [-0.3, -0.25) is 4.68 Å². The molecule has 0 aliphatic heterocycles. The number of nitrogens with zero attached hydrogens (tertiary/aromatic N) is 2. The standard InChI is InChI=1S/C10H10BrFN4/c1-16-5-9(13)10(15-16)14-6-2-3-8(12)7(11)4-6/h2-5H,13H2,1H3,(H,14,15). The van der Waals surface area contributed by atoms with Gasteiger partial charge in [0, 0.05) is 18.9 Å². The Morgan fingerprint density at radius 1 is 1.50 bits per heavy atom. The van der Waals surface area contributed by atoms with Crippen LogP contribution in [0, 0.1) is 5.82 Å². The highest BCUT2D eigenvalue weighted by atomic mass is 79.9. The fourth-order valence-corrected chi connectivity index (χ4v) is 1.69. The van der Waals surface area contributed by atoms with Crippen LogP contribution in [0.4, 0.5) is 21.6 Å². The maximum Gasteiger partial charge on any atom is 0.175 e. The number of aryl methyl sites for hydroxylation is 1. The quantitative estimate of drug-likeness (QED) is 0.891. The van der Waals surface area contributed by atoms with Gasteiger partial charge in [0.25, 0.3) is 0 Å². The largest absolute Gasteiger partial charge is 0.394 e. The van der Waals surface area contributed by atoms with Gasteiger partial charge in [0.05, 0.1) is 10.2 Å². The second-order valence-corrected chi connectivity index (χ2v) is 4.21. The molecule has 84 valence electrons. The van der Waals surface area contributed by atoms with Gasteiger partial charge in [0.1, 0.15) is 5.82 Å². The monoisotopic (exact) mass is 284 g/mol. The first-order valence-corrected chi connectivity index (χ1v) is 5.37. The Labute approximate surface area is 100 Å². The molecule has 0 saturated carbocycles. The summed E-state index contributed by atoms with van der Waals surface area (Å²) in [4.78, 5) is 0. The third-order valence-electron chi connectivity index (χ3n) is 2.04. The van der Waals surface area contributed by atoms with E-state index in [0.29, 0.717) is 16.0 Å². The molecule has 3 N–H and O–H groups in total. The first-order chi connectivity index (χ1) is 7.56. The van der Waals surface area contributed by atoms with E-state index in [9.17, 15) is 4.39 Å². The van der Waals surface area contributed by atoms with Gasteiger partial charge in [0.15, 0.2) is 5.82 Å². The van der Waals surface area contributed by atoms with Crippen molar-refractivity contribution in [1.29, 1.82) is 0 Å². The lowest BCUT2D eigenvalue weighted by molar-refractivity contribution is 0.621. The van der Waals surface area contributed by atoms with Crippen LogP contribution in [-0.4, -0.2) is 9.78 Å². The van der Waals surface area contributed by atoms with Crippen molar-refractivity contribution in [2.45, 2.75) is 0 Å². The summed E-state index contributed by atoms with van der Waals surface area (Å²) in [6.45, 7) is 0. The van der Waals surface area contributed by atoms with E-state index in [2.05, 4.69) is 26.3 Å². The van der Waals surface area contributed by atoms with Crippen LogP contribution in [0.3, 0.4) is 0 Å². The number of aromatic nitrogens is 2. The zero-order valence-electron chi connectivity index (χ0n) is 8.54. The van der Waals surface area contributed by atoms with Gasteiger partial charge in [-0.2, -0.15) is 5.10 Å². The third kappa shape index (κ3) is 2.16. The molecule has 2 rings (SSSR count). The molecule has 0 aliphatic carbocycles. The maximum absolute atomic E-state index is 13.0. The molecule has 16 heavy (non-hydrogen) atoms. The van der Waals surface area contributed by atoms with Crippen molar-refractivity contribution in [1.82, 2.24) is 9.78 Å². The summed E-state index contributed by atoms with van der Waals surface area (Å²) < 4.78 is 15.0. The minimum atomic E-state index is -0.306. The van der Waals surface area contributed by atoms with Crippen molar-refractivity contribution < 1.29 is 4.39 Å². The number of nitrogens with two attached hydrogens (primary N) is 1. The summed E-state index contributed by atoms with van der Waals surface area (Å²) in [6, 6.07) is 4.61. The molecule has 4 nitrogen and oxygen atoms in total. The molecule has 0 fully saturated rings. The summed E-state index contributed by atoms with van der Waals surface area (Å²) in [7, 11) is 1.78. The fraction of sp³-hybridized carbons (Fsp3) is 0.100. The van der Waals surface area contributed by atoms with Gasteiger partial charge in [-0.25, -0.2) is 4.39 Å². The topological polar surface area (TPSA) is 55.9 Å². The second-order valence-electron chi connectivity index (χ2n) is 3.36. The van der Waals surface area contributed by atoms with Crippen LogP contribution >= 0.6 is 15.9 Å². The number of hydrogen-bond donors (Lipinski definition) is 2. The van der Waals surface area contributed by atoms with Crippen molar-refractivity contribution in [3.63, 3.8) is 0 Å². The number of nitrogens with one attached hydrogen (secondary N) is 1. The molecule has 0 unspecified atom stereocenters. The Kier molecular flexibility index (Phi) is 2.82. The second kappa shape index (κ2) is 4.13. The highest BCUT2D eigenvalue weighted by Gasteiger charge is 2.05. The van der Waals surface area contributed by atoms with Crippen molar-refractivity contribution in [2.75, 3.05) is 11.1 Å². The Morgan fingerprint density at radius 2 is 2.25 bits per heavy atom. The molecule has 0 atom stereocenters. The highest BCUT2D eigenvalue weighted by molar-refractivity contribution is 9.10. The van der Waals surface area contributed by atoms with Crippen LogP contribution in [-0.2, 0) is 7.05 Å². The number of rotatable bonds is 2. The summed E-state index contributed by atoms with van der Waals surface area (Å²) >= 11 is 3.11. The summed E-state index contributed by atoms with van der Waals surface area (Å²) in [5, 5.41) is 7.14. The van der Waals surface area contributed by atoms with Gasteiger partial charge in [-0.15, -0.1) is 0 Å². The van der Waals surface area contributed by atoms with E-state index in [1.807, 2.05) is 0 Å². The molecule has 0 radical (unpaired) electrons. The predicted octanol–water partition coefficient (Wildman–Crippen LogP) is 2.65. The van der Waals surface area contributed by atoms with Crippen LogP contribution < -0.4 is 11.1 Å². The average molecular weight is 285 g/mol. The zero-order chi connectivity index (χ0) is 11.7. The molecule has 0 aliphatic rings. The van der Waals surface area contributed by atoms with E-state index >= 15 is 0 Å². The smallest absolute Gasteiger partial charge is 0.175 e. The van der Waals surface area contributed by atoms with Crippen LogP contribution in [0.5, 0.6) is 0 Å². The number of benzene rings is 1. The predicted molar refractivity (Wildman–Crippen MR) is 65.0 cm³/mol. The molecule has 2 aromatic rings. The molecule has 1 aromatic carbocycles. The Balaban J connectivity index is 2.27. The molecular formula is C10H10BrFN4. The molecular weight excluding hydrogens is 275 g/mol. The number of nitrogen functional groups attached to an aromatic ring is 1. The van der Waals surface area contributed by atoms with Crippen LogP contribution in [0.2, 0.25) is 0 Å². The third-order valence-corrected chi connectivity index (χ3v) is 2.65. The van der Waals surface area contributed by atoms with Crippen LogP contribution in [0.25, 0.3) is 0 Å². The Bertz CT molecular complexity index is 524. The van der Waals surface area contributed by atoms with Crippen molar-refractivity contribution in [3.8, 4) is 0 Å².